The molecule has 1 heterocycles. The molecule has 2 rings (SSSR count). The number of rotatable bonds is 5. The lowest BCUT2D eigenvalue weighted by molar-refractivity contribution is -0.147. The molecule has 0 aliphatic carbocycles. The van der Waals surface area contributed by atoms with Gasteiger partial charge in [0.2, 0.25) is 0 Å². The van der Waals surface area contributed by atoms with E-state index in [0.29, 0.717) is 27.9 Å². The van der Waals surface area contributed by atoms with Crippen molar-refractivity contribution in [2.24, 2.45) is 5.41 Å². The minimum Gasteiger partial charge on any atom is -0.482 e. The number of ether oxygens (including phenoxy) is 1. The lowest BCUT2D eigenvalue weighted by Crippen LogP contribution is -2.32. The van der Waals surface area contributed by atoms with Gasteiger partial charge in [0.25, 0.3) is 11.8 Å². The molecule has 124 valence electrons. The number of carboxylic acid groups (broad SMARTS) is 1. The van der Waals surface area contributed by atoms with E-state index in [1.165, 1.54) is 6.07 Å². The van der Waals surface area contributed by atoms with Gasteiger partial charge in [-0.2, -0.15) is 0 Å². The number of aliphatic carboxylic acids is 1. The van der Waals surface area contributed by atoms with Crippen LogP contribution in [0.5, 0.6) is 5.75 Å². The number of hydrogen-bond donors (Lipinski definition) is 3. The van der Waals surface area contributed by atoms with Crippen molar-refractivity contribution in [1.82, 2.24) is 5.32 Å². The van der Waals surface area contributed by atoms with Gasteiger partial charge in [0.05, 0.1) is 16.7 Å². The predicted molar refractivity (Wildman–Crippen MR) is 86.6 cm³/mol. The quantitative estimate of drug-likeness (QED) is 0.719. The lowest BCUT2D eigenvalue weighted by Gasteiger charge is -2.20. The minimum atomic E-state index is -0.911. The Kier molecular flexibility index (Phi) is 4.93. The zero-order valence-electron chi connectivity index (χ0n) is 12.7. The summed E-state index contributed by atoms with van der Waals surface area (Å²) >= 11 is 3.29. The standard InChI is InChI=1S/C15H17BrN2O5/c1-15(2,14(21)22)3-4-17-13(20)8-5-11-10(6-9(8)16)18-12(19)7-23-11/h5-6H,3-4,7H2,1-2H3,(H,17,20)(H,18,19)(H,21,22). The van der Waals surface area contributed by atoms with Gasteiger partial charge < -0.3 is 20.5 Å². The van der Waals surface area contributed by atoms with Gasteiger partial charge in [-0.3, -0.25) is 14.4 Å². The van der Waals surface area contributed by atoms with Crippen LogP contribution in [0, 0.1) is 5.41 Å². The van der Waals surface area contributed by atoms with Gasteiger partial charge in [-0.15, -0.1) is 0 Å². The van der Waals surface area contributed by atoms with Gasteiger partial charge in [-0.25, -0.2) is 0 Å². The number of carboxylic acids is 1. The fraction of sp³-hybridized carbons (Fsp3) is 0.400. The van der Waals surface area contributed by atoms with E-state index in [0.717, 1.165) is 0 Å². The number of nitrogens with one attached hydrogen (secondary N) is 2. The minimum absolute atomic E-state index is 0.0947. The van der Waals surface area contributed by atoms with Crippen LogP contribution >= 0.6 is 15.9 Å². The molecular weight excluding hydrogens is 368 g/mol. The molecule has 1 aromatic rings. The monoisotopic (exact) mass is 384 g/mol. The highest BCUT2D eigenvalue weighted by Gasteiger charge is 2.27. The molecule has 0 aromatic heterocycles. The van der Waals surface area contributed by atoms with E-state index in [1.807, 2.05) is 0 Å². The first-order valence-electron chi connectivity index (χ1n) is 6.98. The fourth-order valence-corrected chi connectivity index (χ4v) is 2.49. The highest BCUT2D eigenvalue weighted by atomic mass is 79.9. The number of carbonyl (C=O) groups excluding carboxylic acids is 2. The molecule has 1 aliphatic rings. The number of anilines is 1. The van der Waals surface area contributed by atoms with Crippen LogP contribution in [0.25, 0.3) is 0 Å². The van der Waals surface area contributed by atoms with Crippen LogP contribution in [0.15, 0.2) is 16.6 Å². The van der Waals surface area contributed by atoms with Crippen LogP contribution in [-0.4, -0.2) is 36.0 Å². The SMILES string of the molecule is CC(C)(CCNC(=O)c1cc2c(cc1Br)NC(=O)CO2)C(=O)O. The normalized spacial score (nSPS) is 13.6. The third-order valence-corrected chi connectivity index (χ3v) is 4.22. The Hall–Kier alpha value is -2.09. The number of carbonyl (C=O) groups is 3. The molecule has 0 spiro atoms. The highest BCUT2D eigenvalue weighted by molar-refractivity contribution is 9.10. The molecule has 2 amide bonds. The van der Waals surface area contributed by atoms with Gasteiger partial charge >= 0.3 is 5.97 Å². The first-order valence-corrected chi connectivity index (χ1v) is 7.78. The Labute approximate surface area is 141 Å². The van der Waals surface area contributed by atoms with Crippen molar-refractivity contribution in [2.75, 3.05) is 18.5 Å². The highest BCUT2D eigenvalue weighted by Crippen LogP contribution is 2.33. The van der Waals surface area contributed by atoms with E-state index in [9.17, 15) is 14.4 Å². The maximum atomic E-state index is 12.2. The molecule has 0 unspecified atom stereocenters. The van der Waals surface area contributed by atoms with Crippen LogP contribution in [0.1, 0.15) is 30.6 Å². The van der Waals surface area contributed by atoms with Crippen molar-refractivity contribution in [3.63, 3.8) is 0 Å². The molecule has 1 aromatic carbocycles. The van der Waals surface area contributed by atoms with Gasteiger partial charge in [-0.05, 0) is 48.3 Å². The van der Waals surface area contributed by atoms with Gasteiger partial charge in [0, 0.05) is 11.0 Å². The average molecular weight is 385 g/mol. The summed E-state index contributed by atoms with van der Waals surface area (Å²) in [6.45, 7) is 3.35. The molecule has 0 bridgehead atoms. The van der Waals surface area contributed by atoms with E-state index in [2.05, 4.69) is 26.6 Å². The number of fused-ring (bicyclic) bond motifs is 1. The Bertz CT molecular complexity index is 672. The van der Waals surface area contributed by atoms with Crippen molar-refractivity contribution in [1.29, 1.82) is 0 Å². The third kappa shape index (κ3) is 4.01. The summed E-state index contributed by atoms with van der Waals surface area (Å²) in [7, 11) is 0. The summed E-state index contributed by atoms with van der Waals surface area (Å²) < 4.78 is 5.79. The van der Waals surface area contributed by atoms with Crippen LogP contribution in [-0.2, 0) is 9.59 Å². The zero-order valence-corrected chi connectivity index (χ0v) is 14.3. The van der Waals surface area contributed by atoms with Crippen molar-refractivity contribution in [3.05, 3.63) is 22.2 Å². The molecule has 3 N–H and O–H groups in total. The molecule has 0 saturated carbocycles. The second kappa shape index (κ2) is 6.57. The van der Waals surface area contributed by atoms with E-state index < -0.39 is 11.4 Å². The van der Waals surface area contributed by atoms with Crippen LogP contribution in [0.3, 0.4) is 0 Å². The van der Waals surface area contributed by atoms with Crippen molar-refractivity contribution in [3.8, 4) is 5.75 Å². The second-order valence-electron chi connectivity index (χ2n) is 5.86. The first kappa shape index (κ1) is 17.3. The fourth-order valence-electron chi connectivity index (χ4n) is 1.96. The summed E-state index contributed by atoms with van der Waals surface area (Å²) in [6, 6.07) is 3.14. The summed E-state index contributed by atoms with van der Waals surface area (Å²) in [5.74, 6) is -1.09. The zero-order chi connectivity index (χ0) is 17.2. The van der Waals surface area contributed by atoms with Crippen LogP contribution < -0.4 is 15.4 Å². The largest absolute Gasteiger partial charge is 0.482 e. The Morgan fingerprint density at radius 3 is 2.78 bits per heavy atom. The third-order valence-electron chi connectivity index (χ3n) is 3.56. The summed E-state index contributed by atoms with van der Waals surface area (Å²) in [5, 5.41) is 14.4. The van der Waals surface area contributed by atoms with Crippen molar-refractivity contribution < 1.29 is 24.2 Å². The van der Waals surface area contributed by atoms with E-state index in [1.54, 1.807) is 19.9 Å². The number of hydrogen-bond acceptors (Lipinski definition) is 4. The second-order valence-corrected chi connectivity index (χ2v) is 6.71. The maximum absolute atomic E-state index is 12.2. The molecule has 0 saturated heterocycles. The number of amides is 2. The molecular formula is C15H17BrN2O5. The molecule has 0 radical (unpaired) electrons. The smallest absolute Gasteiger partial charge is 0.309 e. The number of halogens is 1. The maximum Gasteiger partial charge on any atom is 0.309 e. The average Bonchev–Trinajstić information content (AvgIpc) is 2.45. The molecule has 0 atom stereocenters. The Morgan fingerprint density at radius 1 is 1.43 bits per heavy atom. The summed E-state index contributed by atoms with van der Waals surface area (Å²) in [5.41, 5.74) is -0.0574. The molecule has 23 heavy (non-hydrogen) atoms. The number of benzene rings is 1. The van der Waals surface area contributed by atoms with E-state index in [-0.39, 0.29) is 25.0 Å². The summed E-state index contributed by atoms with van der Waals surface area (Å²) in [4.78, 5) is 34.5. The molecule has 7 nitrogen and oxygen atoms in total. The van der Waals surface area contributed by atoms with E-state index >= 15 is 0 Å². The predicted octanol–water partition coefficient (Wildman–Crippen LogP) is 2.01. The van der Waals surface area contributed by atoms with Gasteiger partial charge in [0.1, 0.15) is 5.75 Å². The van der Waals surface area contributed by atoms with Crippen molar-refractivity contribution in [2.45, 2.75) is 20.3 Å². The Balaban J connectivity index is 2.06. The summed E-state index contributed by atoms with van der Waals surface area (Å²) in [6.07, 6.45) is 0.309. The van der Waals surface area contributed by atoms with Gasteiger partial charge in [-0.1, -0.05) is 0 Å². The topological polar surface area (TPSA) is 105 Å². The van der Waals surface area contributed by atoms with Crippen LogP contribution in [0.2, 0.25) is 0 Å². The first-order chi connectivity index (χ1) is 10.7. The van der Waals surface area contributed by atoms with Crippen LogP contribution in [0.4, 0.5) is 5.69 Å². The van der Waals surface area contributed by atoms with E-state index in [4.69, 9.17) is 9.84 Å². The molecule has 8 heteroatoms. The molecule has 1 aliphatic heterocycles. The Morgan fingerprint density at radius 2 is 2.13 bits per heavy atom. The molecule has 0 fully saturated rings. The van der Waals surface area contributed by atoms with Gasteiger partial charge in [0.15, 0.2) is 6.61 Å². The van der Waals surface area contributed by atoms with Crippen molar-refractivity contribution >= 4 is 39.4 Å². The lowest BCUT2D eigenvalue weighted by atomic mass is 9.90.